The number of hydrogen-bond donors (Lipinski definition) is 4. The summed E-state index contributed by atoms with van der Waals surface area (Å²) in [7, 11) is -4.61. The molecule has 0 saturated carbocycles. The van der Waals surface area contributed by atoms with E-state index in [9.17, 15) is 28.1 Å². The number of H-pyrrole nitrogens is 1. The number of rotatable bonds is 13. The highest BCUT2D eigenvalue weighted by molar-refractivity contribution is 7.90. The van der Waals surface area contributed by atoms with E-state index in [1.807, 2.05) is 41.3 Å². The van der Waals surface area contributed by atoms with Gasteiger partial charge in [0.2, 0.25) is 11.8 Å². The molecule has 6 heterocycles. The van der Waals surface area contributed by atoms with Gasteiger partial charge in [-0.25, -0.2) is 13.1 Å². The van der Waals surface area contributed by atoms with E-state index in [1.54, 1.807) is 12.3 Å². The third kappa shape index (κ3) is 10.0. The van der Waals surface area contributed by atoms with Gasteiger partial charge in [-0.2, -0.15) is 4.98 Å². The van der Waals surface area contributed by atoms with Gasteiger partial charge in [0.1, 0.15) is 17.0 Å². The first-order valence-corrected chi connectivity index (χ1v) is 26.1. The maximum absolute atomic E-state index is 14.5. The molecular weight excluding hydrogens is 932 g/mol. The molecule has 5 aromatic rings. The largest absolute Gasteiger partial charge is 0.476 e. The molecule has 368 valence electrons. The first-order valence-electron chi connectivity index (χ1n) is 24.2. The fourth-order valence-corrected chi connectivity index (χ4v) is 11.9. The number of piperazine rings is 1. The van der Waals surface area contributed by atoms with Gasteiger partial charge in [0.15, 0.2) is 0 Å². The number of aromatic amines is 1. The summed E-state index contributed by atoms with van der Waals surface area (Å²) in [4.78, 5) is 54.7. The zero-order valence-corrected chi connectivity index (χ0v) is 41.1. The van der Waals surface area contributed by atoms with Gasteiger partial charge in [-0.1, -0.05) is 43.2 Å². The standard InChI is InChI=1S/C51H59ClN10O7S/c1-51(2)15-12-35(42(29-51)33-4-6-37(52)7-5-33)31-59-21-23-60(24-22-59)38-8-10-41(44(27-38)61-18-3-25-69-50-46(61)26-34-13-16-54-47(34)56-50)49(64)57-70(67,68)39-9-11-43(45(28-39)62(65)66)53-17-20-58-19-14-40-36(32-58)30-55-48(40)63/h4-11,13,16,26-28,36,40,53H,3,12,14-15,17-25,29-32H2,1-2H3,(H,54,56)(H,55,63)(H,57,64). The van der Waals surface area contributed by atoms with Crippen LogP contribution in [0.15, 0.2) is 89.5 Å². The predicted octanol–water partition coefficient (Wildman–Crippen LogP) is 7.43. The number of likely N-dealkylation sites (tertiary alicyclic amines) is 1. The minimum Gasteiger partial charge on any atom is -0.476 e. The minimum absolute atomic E-state index is 0.0337. The number of nitro groups is 1. The van der Waals surface area contributed by atoms with Crippen LogP contribution in [0.3, 0.4) is 0 Å². The van der Waals surface area contributed by atoms with Gasteiger partial charge in [0.25, 0.3) is 21.6 Å². The number of anilines is 4. The molecule has 3 fully saturated rings. The fraction of sp³-hybridized carbons (Fsp3) is 0.431. The number of allylic oxidation sites excluding steroid dienone is 1. The zero-order chi connectivity index (χ0) is 48.7. The lowest BCUT2D eigenvalue weighted by molar-refractivity contribution is -0.384. The van der Waals surface area contributed by atoms with Crippen LogP contribution in [0.25, 0.3) is 16.6 Å². The smallest absolute Gasteiger partial charge is 0.293 e. The summed E-state index contributed by atoms with van der Waals surface area (Å²) in [5, 5.41) is 20.0. The van der Waals surface area contributed by atoms with Gasteiger partial charge in [-0.05, 0) is 110 Å². The number of nitrogens with zero attached hydrogens (tertiary/aromatic N) is 6. The molecule has 4 aliphatic heterocycles. The van der Waals surface area contributed by atoms with Crippen LogP contribution in [0, 0.1) is 27.4 Å². The number of amides is 2. The van der Waals surface area contributed by atoms with Crippen LogP contribution in [0.4, 0.5) is 28.4 Å². The second kappa shape index (κ2) is 19.5. The van der Waals surface area contributed by atoms with E-state index >= 15 is 0 Å². The number of halogens is 1. The number of hydrogen-bond acceptors (Lipinski definition) is 13. The molecule has 4 N–H and O–H groups in total. The van der Waals surface area contributed by atoms with E-state index in [0.717, 1.165) is 93.7 Å². The van der Waals surface area contributed by atoms with Crippen LogP contribution in [0.1, 0.15) is 61.9 Å². The molecule has 2 atom stereocenters. The number of carbonyl (C=O) groups is 2. The van der Waals surface area contributed by atoms with Gasteiger partial charge in [0.05, 0.1) is 27.7 Å². The summed E-state index contributed by atoms with van der Waals surface area (Å²) in [6, 6.07) is 21.1. The van der Waals surface area contributed by atoms with Crippen LogP contribution in [0.2, 0.25) is 5.02 Å². The first kappa shape index (κ1) is 47.5. The van der Waals surface area contributed by atoms with E-state index in [1.165, 1.54) is 28.8 Å². The van der Waals surface area contributed by atoms with E-state index in [4.69, 9.17) is 21.3 Å². The van der Waals surface area contributed by atoms with Crippen molar-refractivity contribution in [3.63, 3.8) is 0 Å². The Morgan fingerprint density at radius 1 is 0.986 bits per heavy atom. The van der Waals surface area contributed by atoms with Gasteiger partial charge in [-0.3, -0.25) is 24.6 Å². The maximum Gasteiger partial charge on any atom is 0.293 e. The van der Waals surface area contributed by atoms with Crippen LogP contribution < -0.4 is 29.9 Å². The third-order valence-corrected chi connectivity index (χ3v) is 16.3. The maximum atomic E-state index is 14.5. The molecule has 0 bridgehead atoms. The molecule has 17 nitrogen and oxygen atoms in total. The summed E-state index contributed by atoms with van der Waals surface area (Å²) >= 11 is 6.28. The lowest BCUT2D eigenvalue weighted by atomic mass is 9.72. The van der Waals surface area contributed by atoms with Gasteiger partial charge in [0, 0.05) is 106 Å². The summed E-state index contributed by atoms with van der Waals surface area (Å²) < 4.78 is 36.5. The van der Waals surface area contributed by atoms with Gasteiger partial charge < -0.3 is 35.1 Å². The van der Waals surface area contributed by atoms with E-state index < -0.39 is 31.4 Å². The molecule has 0 radical (unpaired) electrons. The summed E-state index contributed by atoms with van der Waals surface area (Å²) in [5.41, 5.74) is 6.81. The van der Waals surface area contributed by atoms with Crippen molar-refractivity contribution in [2.45, 2.75) is 50.8 Å². The molecule has 3 aromatic carbocycles. The van der Waals surface area contributed by atoms with Crippen molar-refractivity contribution in [3.05, 3.63) is 111 Å². The lowest BCUT2D eigenvalue weighted by Crippen LogP contribution is -2.47. The summed E-state index contributed by atoms with van der Waals surface area (Å²) in [6.07, 6.45) is 6.34. The Hall–Kier alpha value is -6.21. The van der Waals surface area contributed by atoms with Crippen molar-refractivity contribution < 1.29 is 27.7 Å². The number of nitrogens with one attached hydrogen (secondary N) is 4. The van der Waals surface area contributed by atoms with Crippen LogP contribution in [-0.2, 0) is 14.8 Å². The molecule has 2 aromatic heterocycles. The Labute approximate surface area is 412 Å². The number of sulfonamides is 1. The molecule has 1 aliphatic carbocycles. The average molecular weight is 992 g/mol. The van der Waals surface area contributed by atoms with E-state index in [0.29, 0.717) is 62.1 Å². The number of nitro benzene ring substituents is 1. The molecule has 2 amide bonds. The molecule has 70 heavy (non-hydrogen) atoms. The van der Waals surface area contributed by atoms with E-state index in [2.05, 4.69) is 61.0 Å². The highest BCUT2D eigenvalue weighted by Crippen LogP contribution is 2.44. The Kier molecular flexibility index (Phi) is 13.2. The number of fused-ring (bicyclic) bond motifs is 3. The SMILES string of the molecule is CC1(C)CCC(CN2CCN(c3ccc(C(=O)NS(=O)(=O)c4ccc(NCCN5CCC6C(=O)NCC6C5)c([N+](=O)[O-])c4)c(N4CCCOc5nc6[nH]ccc6cc54)c3)CC2)=C(c2ccc(Cl)cc2)C1. The Morgan fingerprint density at radius 2 is 1.80 bits per heavy atom. The monoisotopic (exact) mass is 990 g/mol. The highest BCUT2D eigenvalue weighted by Gasteiger charge is 2.39. The minimum atomic E-state index is -4.61. The molecular formula is C51H59ClN10O7S. The summed E-state index contributed by atoms with van der Waals surface area (Å²) in [6.45, 7) is 12.6. The van der Waals surface area contributed by atoms with Crippen LogP contribution in [0.5, 0.6) is 5.88 Å². The molecule has 19 heteroatoms. The summed E-state index contributed by atoms with van der Waals surface area (Å²) in [5.74, 6) is -0.118. The number of carbonyl (C=O) groups excluding carboxylic acids is 2. The van der Waals surface area contributed by atoms with Crippen molar-refractivity contribution in [1.29, 1.82) is 0 Å². The molecule has 5 aliphatic rings. The number of ether oxygens (including phenoxy) is 1. The number of aromatic nitrogens is 2. The van der Waals surface area contributed by atoms with Crippen molar-refractivity contribution in [2.75, 3.05) is 93.7 Å². The van der Waals surface area contributed by atoms with Gasteiger partial charge >= 0.3 is 0 Å². The molecule has 3 saturated heterocycles. The van der Waals surface area contributed by atoms with Crippen LogP contribution in [-0.4, -0.2) is 124 Å². The van der Waals surface area contributed by atoms with Crippen LogP contribution >= 0.6 is 11.6 Å². The number of pyridine rings is 1. The van der Waals surface area contributed by atoms with Crippen molar-refractivity contribution in [3.8, 4) is 5.88 Å². The van der Waals surface area contributed by atoms with Gasteiger partial charge in [-0.15, -0.1) is 0 Å². The Balaban J connectivity index is 0.886. The predicted molar refractivity (Wildman–Crippen MR) is 272 cm³/mol. The van der Waals surface area contributed by atoms with Crippen molar-refractivity contribution in [1.82, 2.24) is 29.8 Å². The van der Waals surface area contributed by atoms with E-state index in [-0.39, 0.29) is 34.4 Å². The molecule has 2 unspecified atom stereocenters. The third-order valence-electron chi connectivity index (χ3n) is 14.7. The second-order valence-electron chi connectivity index (χ2n) is 20.0. The molecule has 10 rings (SSSR count). The lowest BCUT2D eigenvalue weighted by Gasteiger charge is -2.39. The average Bonchev–Trinajstić information content (AvgIpc) is 3.90. The number of piperidine rings is 1. The fourth-order valence-electron chi connectivity index (χ4n) is 10.8. The first-order chi connectivity index (χ1) is 33.7. The van der Waals surface area contributed by atoms with Crippen molar-refractivity contribution >= 4 is 78.5 Å². The normalized spacial score (nSPS) is 20.9. The van der Waals surface area contributed by atoms with Crippen molar-refractivity contribution in [2.24, 2.45) is 17.3 Å². The molecule has 0 spiro atoms. The zero-order valence-electron chi connectivity index (χ0n) is 39.5. The quantitative estimate of drug-likeness (QED) is 0.0672. The highest BCUT2D eigenvalue weighted by atomic mass is 35.5. The Morgan fingerprint density at radius 3 is 2.60 bits per heavy atom. The second-order valence-corrected chi connectivity index (χ2v) is 22.1. The topological polar surface area (TPSA) is 198 Å². The Bertz CT molecular complexity index is 2970. The number of benzene rings is 3.